The van der Waals surface area contributed by atoms with E-state index >= 15 is 0 Å². The van der Waals surface area contributed by atoms with Gasteiger partial charge in [-0.3, -0.25) is 0 Å². The molecule has 0 aliphatic carbocycles. The number of hydrogen-bond acceptors (Lipinski definition) is 2. The van der Waals surface area contributed by atoms with Crippen LogP contribution in [0.4, 0.5) is 4.39 Å². The highest BCUT2D eigenvalue weighted by molar-refractivity contribution is 5.26. The Morgan fingerprint density at radius 3 is 2.90 bits per heavy atom. The number of aryl methyl sites for hydroxylation is 1. The molecule has 0 aromatic heterocycles. The summed E-state index contributed by atoms with van der Waals surface area (Å²) in [6.07, 6.45) is 3.57. The molecule has 0 amide bonds. The molecule has 1 aromatic rings. The standard InChI is InChI=1S/C17H27FN2/c1-13(2)19-17-5-4-9-20(12-17)10-8-15-6-7-16(18)11-14(15)3/h6-7,11,13,17,19H,4-5,8-10,12H2,1-3H3. The molecule has 2 nitrogen and oxygen atoms in total. The Bertz CT molecular complexity index is 431. The first-order chi connectivity index (χ1) is 9.54. The van der Waals surface area contributed by atoms with Crippen molar-refractivity contribution >= 4 is 0 Å². The van der Waals surface area contributed by atoms with Gasteiger partial charge in [0, 0.05) is 25.2 Å². The van der Waals surface area contributed by atoms with Crippen LogP contribution in [-0.4, -0.2) is 36.6 Å². The molecule has 1 aliphatic heterocycles. The van der Waals surface area contributed by atoms with E-state index < -0.39 is 0 Å². The van der Waals surface area contributed by atoms with Gasteiger partial charge in [-0.25, -0.2) is 4.39 Å². The van der Waals surface area contributed by atoms with E-state index in [1.54, 1.807) is 12.1 Å². The summed E-state index contributed by atoms with van der Waals surface area (Å²) in [6, 6.07) is 6.31. The fraction of sp³-hybridized carbons (Fsp3) is 0.647. The zero-order valence-corrected chi connectivity index (χ0v) is 13.0. The van der Waals surface area contributed by atoms with E-state index in [9.17, 15) is 4.39 Å². The van der Waals surface area contributed by atoms with Crippen molar-refractivity contribution in [3.05, 3.63) is 35.1 Å². The monoisotopic (exact) mass is 278 g/mol. The van der Waals surface area contributed by atoms with Crippen molar-refractivity contribution in [3.8, 4) is 0 Å². The number of benzene rings is 1. The summed E-state index contributed by atoms with van der Waals surface area (Å²) in [5.41, 5.74) is 2.34. The predicted molar refractivity (Wildman–Crippen MR) is 82.6 cm³/mol. The van der Waals surface area contributed by atoms with Gasteiger partial charge in [0.05, 0.1) is 0 Å². The number of rotatable bonds is 5. The van der Waals surface area contributed by atoms with Crippen LogP contribution < -0.4 is 5.32 Å². The van der Waals surface area contributed by atoms with Crippen LogP contribution >= 0.6 is 0 Å². The maximum atomic E-state index is 13.1. The van der Waals surface area contributed by atoms with Gasteiger partial charge in [-0.15, -0.1) is 0 Å². The summed E-state index contributed by atoms with van der Waals surface area (Å²) >= 11 is 0. The van der Waals surface area contributed by atoms with Gasteiger partial charge in [0.25, 0.3) is 0 Å². The Balaban J connectivity index is 1.84. The Morgan fingerprint density at radius 1 is 1.40 bits per heavy atom. The minimum absolute atomic E-state index is 0.134. The molecule has 1 atom stereocenters. The average molecular weight is 278 g/mol. The largest absolute Gasteiger partial charge is 0.311 e. The third kappa shape index (κ3) is 4.57. The van der Waals surface area contributed by atoms with Crippen molar-refractivity contribution in [1.82, 2.24) is 10.2 Å². The number of nitrogens with zero attached hydrogens (tertiary/aromatic N) is 1. The first-order valence-corrected chi connectivity index (χ1v) is 7.78. The SMILES string of the molecule is Cc1cc(F)ccc1CCN1CCCC(NC(C)C)C1. The maximum Gasteiger partial charge on any atom is 0.123 e. The second kappa shape index (κ2) is 7.19. The average Bonchev–Trinajstić information content (AvgIpc) is 2.37. The van der Waals surface area contributed by atoms with E-state index in [1.165, 1.54) is 24.9 Å². The summed E-state index contributed by atoms with van der Waals surface area (Å²) in [5.74, 6) is -0.134. The molecule has 2 rings (SSSR count). The molecule has 1 fully saturated rings. The van der Waals surface area contributed by atoms with Crippen molar-refractivity contribution < 1.29 is 4.39 Å². The highest BCUT2D eigenvalue weighted by Gasteiger charge is 2.19. The van der Waals surface area contributed by atoms with Crippen molar-refractivity contribution in [2.75, 3.05) is 19.6 Å². The van der Waals surface area contributed by atoms with Crippen molar-refractivity contribution in [2.24, 2.45) is 0 Å². The zero-order valence-electron chi connectivity index (χ0n) is 13.0. The summed E-state index contributed by atoms with van der Waals surface area (Å²) in [6.45, 7) is 9.82. The number of nitrogens with one attached hydrogen (secondary N) is 1. The minimum atomic E-state index is -0.134. The summed E-state index contributed by atoms with van der Waals surface area (Å²) in [4.78, 5) is 2.53. The lowest BCUT2D eigenvalue weighted by Gasteiger charge is -2.34. The second-order valence-corrected chi connectivity index (χ2v) is 6.28. The highest BCUT2D eigenvalue weighted by atomic mass is 19.1. The molecule has 1 N–H and O–H groups in total. The lowest BCUT2D eigenvalue weighted by Crippen LogP contribution is -2.48. The van der Waals surface area contributed by atoms with Crippen molar-refractivity contribution in [2.45, 2.75) is 52.1 Å². The molecular formula is C17H27FN2. The molecule has 20 heavy (non-hydrogen) atoms. The Labute approximate surface area is 122 Å². The Morgan fingerprint density at radius 2 is 2.20 bits per heavy atom. The molecule has 112 valence electrons. The van der Waals surface area contributed by atoms with Gasteiger partial charge >= 0.3 is 0 Å². The fourth-order valence-electron chi connectivity index (χ4n) is 3.08. The van der Waals surface area contributed by atoms with Crippen LogP contribution in [0.5, 0.6) is 0 Å². The van der Waals surface area contributed by atoms with E-state index in [0.717, 1.165) is 25.1 Å². The third-order valence-corrected chi connectivity index (χ3v) is 4.08. The Hall–Kier alpha value is -0.930. The van der Waals surface area contributed by atoms with Gasteiger partial charge in [0.1, 0.15) is 5.82 Å². The number of halogens is 1. The summed E-state index contributed by atoms with van der Waals surface area (Å²) in [5, 5.41) is 3.64. The molecule has 1 saturated heterocycles. The molecule has 3 heteroatoms. The van der Waals surface area contributed by atoms with Gasteiger partial charge < -0.3 is 10.2 Å². The third-order valence-electron chi connectivity index (χ3n) is 4.08. The Kier molecular flexibility index (Phi) is 5.55. The molecule has 0 radical (unpaired) electrons. The highest BCUT2D eigenvalue weighted by Crippen LogP contribution is 2.14. The quantitative estimate of drug-likeness (QED) is 0.890. The van der Waals surface area contributed by atoms with Crippen LogP contribution in [0.3, 0.4) is 0 Å². The van der Waals surface area contributed by atoms with Gasteiger partial charge in [0.2, 0.25) is 0 Å². The van der Waals surface area contributed by atoms with Crippen molar-refractivity contribution in [1.29, 1.82) is 0 Å². The number of hydrogen-bond donors (Lipinski definition) is 1. The number of likely N-dealkylation sites (tertiary alicyclic amines) is 1. The molecule has 0 spiro atoms. The van der Waals surface area contributed by atoms with Crippen LogP contribution in [0.15, 0.2) is 18.2 Å². The van der Waals surface area contributed by atoms with E-state index in [2.05, 4.69) is 24.1 Å². The van der Waals surface area contributed by atoms with Crippen molar-refractivity contribution in [3.63, 3.8) is 0 Å². The first-order valence-electron chi connectivity index (χ1n) is 7.78. The second-order valence-electron chi connectivity index (χ2n) is 6.28. The van der Waals surface area contributed by atoms with Crippen LogP contribution in [-0.2, 0) is 6.42 Å². The molecule has 1 aliphatic rings. The van der Waals surface area contributed by atoms with E-state index in [-0.39, 0.29) is 5.82 Å². The van der Waals surface area contributed by atoms with Crippen LogP contribution in [0.2, 0.25) is 0 Å². The van der Waals surface area contributed by atoms with E-state index in [1.807, 2.05) is 13.0 Å². The molecular weight excluding hydrogens is 251 g/mol. The minimum Gasteiger partial charge on any atom is -0.311 e. The molecule has 1 unspecified atom stereocenters. The molecule has 0 saturated carbocycles. The first kappa shape index (κ1) is 15.5. The van der Waals surface area contributed by atoms with Crippen LogP contribution in [0.1, 0.15) is 37.8 Å². The molecule has 1 aromatic carbocycles. The molecule has 0 bridgehead atoms. The van der Waals surface area contributed by atoms with Gasteiger partial charge in [0.15, 0.2) is 0 Å². The molecule has 1 heterocycles. The zero-order chi connectivity index (χ0) is 14.5. The lowest BCUT2D eigenvalue weighted by atomic mass is 10.0. The lowest BCUT2D eigenvalue weighted by molar-refractivity contribution is 0.187. The fourth-order valence-corrected chi connectivity index (χ4v) is 3.08. The van der Waals surface area contributed by atoms with Gasteiger partial charge in [-0.1, -0.05) is 19.9 Å². The predicted octanol–water partition coefficient (Wildman–Crippen LogP) is 3.14. The van der Waals surface area contributed by atoms with Crippen LogP contribution in [0.25, 0.3) is 0 Å². The topological polar surface area (TPSA) is 15.3 Å². The van der Waals surface area contributed by atoms with E-state index in [4.69, 9.17) is 0 Å². The van der Waals surface area contributed by atoms with E-state index in [0.29, 0.717) is 12.1 Å². The number of piperidine rings is 1. The summed E-state index contributed by atoms with van der Waals surface area (Å²) in [7, 11) is 0. The summed E-state index contributed by atoms with van der Waals surface area (Å²) < 4.78 is 13.1. The smallest absolute Gasteiger partial charge is 0.123 e. The maximum absolute atomic E-state index is 13.1. The normalized spacial score (nSPS) is 20.6. The van der Waals surface area contributed by atoms with Crippen LogP contribution in [0, 0.1) is 12.7 Å². The van der Waals surface area contributed by atoms with Gasteiger partial charge in [-0.05, 0) is 56.0 Å². The van der Waals surface area contributed by atoms with Gasteiger partial charge in [-0.2, -0.15) is 0 Å².